The number of fused-ring (bicyclic) bond motifs is 1. The zero-order valence-corrected chi connectivity index (χ0v) is 13.6. The van der Waals surface area contributed by atoms with Crippen molar-refractivity contribution in [2.45, 2.75) is 32.8 Å². The number of β-amino-alcohol motifs (C(OH)–C–C–N with tert-alkyl or cyclic N) is 1. The summed E-state index contributed by atoms with van der Waals surface area (Å²) in [5.74, 6) is 0.858. The number of aliphatic hydroxyl groups excluding tert-OH is 1. The zero-order valence-electron chi connectivity index (χ0n) is 13.6. The molecule has 1 aliphatic heterocycles. The summed E-state index contributed by atoms with van der Waals surface area (Å²) in [5, 5.41) is 9.71. The fraction of sp³-hybridized carbons (Fsp3) is 0.529. The molecule has 1 aliphatic rings. The highest BCUT2D eigenvalue weighted by Gasteiger charge is 2.21. The van der Waals surface area contributed by atoms with Gasteiger partial charge in [-0.1, -0.05) is 6.07 Å². The molecule has 0 aliphatic carbocycles. The van der Waals surface area contributed by atoms with Crippen LogP contribution in [0.5, 0.6) is 0 Å². The number of H-pyrrole nitrogens is 1. The van der Waals surface area contributed by atoms with Crippen LogP contribution in [-0.4, -0.2) is 58.3 Å². The summed E-state index contributed by atoms with van der Waals surface area (Å²) in [6.45, 7) is 5.79. The predicted octanol–water partition coefficient (Wildman–Crippen LogP) is 1.33. The van der Waals surface area contributed by atoms with Crippen LogP contribution in [-0.2, 0) is 16.0 Å². The average Bonchev–Trinajstić information content (AvgIpc) is 2.83. The molecule has 2 aromatic rings. The predicted molar refractivity (Wildman–Crippen MR) is 87.3 cm³/mol. The Morgan fingerprint density at radius 2 is 2.30 bits per heavy atom. The molecule has 1 saturated heterocycles. The summed E-state index contributed by atoms with van der Waals surface area (Å²) < 4.78 is 5.25. The number of hydrogen-bond donors (Lipinski definition) is 2. The molecule has 124 valence electrons. The second kappa shape index (κ2) is 6.68. The smallest absolute Gasteiger partial charge is 0.223 e. The van der Waals surface area contributed by atoms with E-state index in [1.165, 1.54) is 11.1 Å². The summed E-state index contributed by atoms with van der Waals surface area (Å²) in [4.78, 5) is 21.9. The number of aromatic nitrogens is 2. The molecule has 1 atom stereocenters. The number of hydrogen-bond acceptors (Lipinski definition) is 4. The Morgan fingerprint density at radius 3 is 3.13 bits per heavy atom. The Hall–Kier alpha value is -1.92. The van der Waals surface area contributed by atoms with Crippen molar-refractivity contribution in [3.8, 4) is 0 Å². The van der Waals surface area contributed by atoms with Gasteiger partial charge in [-0.3, -0.25) is 4.79 Å². The number of nitrogens with zero attached hydrogens (tertiary/aromatic N) is 2. The van der Waals surface area contributed by atoms with Gasteiger partial charge in [0.05, 0.1) is 30.4 Å². The van der Waals surface area contributed by atoms with E-state index in [0.29, 0.717) is 39.1 Å². The van der Waals surface area contributed by atoms with E-state index in [1.54, 1.807) is 4.90 Å². The standard InChI is InChI=1S/C17H23N3O3/c1-11-3-4-14-17(12(11)2)19-15(18-14)5-6-16(22)20-7-8-23-10-13(21)9-20/h3-4,13,21H,5-10H2,1-2H3,(H,18,19)/t13-/m1/s1. The van der Waals surface area contributed by atoms with E-state index in [1.807, 2.05) is 6.07 Å². The number of benzene rings is 1. The number of aromatic amines is 1. The van der Waals surface area contributed by atoms with Gasteiger partial charge in [0.1, 0.15) is 5.82 Å². The highest BCUT2D eigenvalue weighted by molar-refractivity contribution is 5.80. The maximum absolute atomic E-state index is 12.3. The third-order valence-corrected chi connectivity index (χ3v) is 4.40. The molecule has 0 saturated carbocycles. The SMILES string of the molecule is Cc1ccc2[nH]c(CCC(=O)N3CCOC[C@H](O)C3)nc2c1C. The van der Waals surface area contributed by atoms with Crippen LogP contribution in [0.15, 0.2) is 12.1 Å². The van der Waals surface area contributed by atoms with Gasteiger partial charge < -0.3 is 19.7 Å². The minimum atomic E-state index is -0.599. The first-order chi connectivity index (χ1) is 11.0. The van der Waals surface area contributed by atoms with E-state index in [4.69, 9.17) is 4.74 Å². The monoisotopic (exact) mass is 317 g/mol. The first-order valence-electron chi connectivity index (χ1n) is 8.03. The Labute approximate surface area is 135 Å². The van der Waals surface area contributed by atoms with Crippen molar-refractivity contribution in [2.75, 3.05) is 26.3 Å². The Kier molecular flexibility index (Phi) is 4.63. The highest BCUT2D eigenvalue weighted by atomic mass is 16.5. The molecule has 2 N–H and O–H groups in total. The van der Waals surface area contributed by atoms with E-state index in [-0.39, 0.29) is 5.91 Å². The fourth-order valence-electron chi connectivity index (χ4n) is 2.89. The van der Waals surface area contributed by atoms with Gasteiger partial charge in [-0.05, 0) is 31.0 Å². The summed E-state index contributed by atoms with van der Waals surface area (Å²) in [6, 6.07) is 4.10. The van der Waals surface area contributed by atoms with E-state index in [9.17, 15) is 9.90 Å². The van der Waals surface area contributed by atoms with Gasteiger partial charge in [-0.25, -0.2) is 4.98 Å². The van der Waals surface area contributed by atoms with Gasteiger partial charge in [-0.2, -0.15) is 0 Å². The highest BCUT2D eigenvalue weighted by Crippen LogP contribution is 2.20. The maximum Gasteiger partial charge on any atom is 0.223 e. The average molecular weight is 317 g/mol. The van der Waals surface area contributed by atoms with E-state index in [2.05, 4.69) is 29.9 Å². The van der Waals surface area contributed by atoms with Crippen molar-refractivity contribution in [3.63, 3.8) is 0 Å². The normalized spacial score (nSPS) is 19.1. The number of amides is 1. The van der Waals surface area contributed by atoms with E-state index in [0.717, 1.165) is 16.9 Å². The summed E-state index contributed by atoms with van der Waals surface area (Å²) in [7, 11) is 0. The number of carbonyl (C=O) groups is 1. The molecule has 6 nitrogen and oxygen atoms in total. The number of ether oxygens (including phenoxy) is 1. The molecule has 0 bridgehead atoms. The molecule has 23 heavy (non-hydrogen) atoms. The second-order valence-corrected chi connectivity index (χ2v) is 6.16. The molecule has 1 aromatic heterocycles. The molecule has 3 rings (SSSR count). The number of aryl methyl sites for hydroxylation is 3. The molecule has 0 radical (unpaired) electrons. The Morgan fingerprint density at radius 1 is 1.48 bits per heavy atom. The molecule has 0 unspecified atom stereocenters. The molecule has 1 fully saturated rings. The van der Waals surface area contributed by atoms with Crippen LogP contribution in [0.25, 0.3) is 11.0 Å². The zero-order chi connectivity index (χ0) is 16.4. The third-order valence-electron chi connectivity index (χ3n) is 4.40. The summed E-state index contributed by atoms with van der Waals surface area (Å²) >= 11 is 0. The van der Waals surface area contributed by atoms with Crippen LogP contribution in [0.4, 0.5) is 0 Å². The van der Waals surface area contributed by atoms with Gasteiger partial charge in [0, 0.05) is 25.9 Å². The van der Waals surface area contributed by atoms with Crippen LogP contribution in [0.3, 0.4) is 0 Å². The Bertz CT molecular complexity index is 710. The van der Waals surface area contributed by atoms with Crippen molar-refractivity contribution in [1.29, 1.82) is 0 Å². The van der Waals surface area contributed by atoms with Gasteiger partial charge in [0.2, 0.25) is 5.91 Å². The fourth-order valence-corrected chi connectivity index (χ4v) is 2.89. The van der Waals surface area contributed by atoms with Crippen LogP contribution < -0.4 is 0 Å². The maximum atomic E-state index is 12.3. The number of aliphatic hydroxyl groups is 1. The number of carbonyl (C=O) groups excluding carboxylic acids is 1. The lowest BCUT2D eigenvalue weighted by atomic mass is 10.1. The molecule has 1 amide bonds. The van der Waals surface area contributed by atoms with E-state index >= 15 is 0 Å². The lowest BCUT2D eigenvalue weighted by molar-refractivity contribution is -0.132. The van der Waals surface area contributed by atoms with Gasteiger partial charge >= 0.3 is 0 Å². The molecular formula is C17H23N3O3. The lowest BCUT2D eigenvalue weighted by Crippen LogP contribution is -2.37. The van der Waals surface area contributed by atoms with E-state index < -0.39 is 6.10 Å². The van der Waals surface area contributed by atoms with Crippen LogP contribution in [0.1, 0.15) is 23.4 Å². The topological polar surface area (TPSA) is 78.5 Å². The minimum absolute atomic E-state index is 0.0305. The van der Waals surface area contributed by atoms with Gasteiger partial charge in [-0.15, -0.1) is 0 Å². The van der Waals surface area contributed by atoms with Gasteiger partial charge in [0.15, 0.2) is 0 Å². The number of rotatable bonds is 3. The molecule has 0 spiro atoms. The minimum Gasteiger partial charge on any atom is -0.389 e. The quantitative estimate of drug-likeness (QED) is 0.895. The summed E-state index contributed by atoms with van der Waals surface area (Å²) in [5.41, 5.74) is 4.37. The van der Waals surface area contributed by atoms with Crippen LogP contribution in [0, 0.1) is 13.8 Å². The van der Waals surface area contributed by atoms with Crippen molar-refractivity contribution in [2.24, 2.45) is 0 Å². The lowest BCUT2D eigenvalue weighted by Gasteiger charge is -2.21. The van der Waals surface area contributed by atoms with Crippen LogP contribution in [0.2, 0.25) is 0 Å². The number of nitrogens with one attached hydrogen (secondary N) is 1. The van der Waals surface area contributed by atoms with Gasteiger partial charge in [0.25, 0.3) is 0 Å². The molecular weight excluding hydrogens is 294 g/mol. The van der Waals surface area contributed by atoms with Crippen molar-refractivity contribution in [3.05, 3.63) is 29.1 Å². The van der Waals surface area contributed by atoms with Crippen molar-refractivity contribution >= 4 is 16.9 Å². The van der Waals surface area contributed by atoms with Crippen molar-refractivity contribution < 1.29 is 14.6 Å². The largest absolute Gasteiger partial charge is 0.389 e. The Balaban J connectivity index is 1.66. The number of imidazole rings is 1. The van der Waals surface area contributed by atoms with Crippen LogP contribution >= 0.6 is 0 Å². The molecule has 2 heterocycles. The van der Waals surface area contributed by atoms with Crippen molar-refractivity contribution in [1.82, 2.24) is 14.9 Å². The first kappa shape index (κ1) is 16.0. The third kappa shape index (κ3) is 3.54. The molecule has 6 heteroatoms. The first-order valence-corrected chi connectivity index (χ1v) is 8.03. The summed E-state index contributed by atoms with van der Waals surface area (Å²) in [6.07, 6.45) is 0.350. The molecule has 1 aromatic carbocycles. The second-order valence-electron chi connectivity index (χ2n) is 6.16.